The third-order valence-corrected chi connectivity index (χ3v) is 5.38. The lowest BCUT2D eigenvalue weighted by Crippen LogP contribution is -2.57. The zero-order valence-corrected chi connectivity index (χ0v) is 16.8. The van der Waals surface area contributed by atoms with E-state index in [0.29, 0.717) is 36.8 Å². The Labute approximate surface area is 167 Å². The first-order chi connectivity index (χ1) is 13.5. The fourth-order valence-corrected chi connectivity index (χ4v) is 3.93. The summed E-state index contributed by atoms with van der Waals surface area (Å²) in [5, 5.41) is 9.58. The second-order valence-electron chi connectivity index (χ2n) is 8.11. The maximum Gasteiger partial charge on any atom is 0.255 e. The molecule has 2 aliphatic rings. The van der Waals surface area contributed by atoms with Gasteiger partial charge in [-0.2, -0.15) is 0 Å². The van der Waals surface area contributed by atoms with Crippen LogP contribution in [-0.2, 0) is 4.79 Å². The summed E-state index contributed by atoms with van der Waals surface area (Å²) < 4.78 is 5.80. The highest BCUT2D eigenvalue weighted by Crippen LogP contribution is 2.25. The summed E-state index contributed by atoms with van der Waals surface area (Å²) >= 11 is 0. The largest absolute Gasteiger partial charge is 0.489 e. The maximum absolute atomic E-state index is 13.1. The molecule has 28 heavy (non-hydrogen) atoms. The molecule has 0 bridgehead atoms. The van der Waals surface area contributed by atoms with Crippen molar-refractivity contribution >= 4 is 11.8 Å². The lowest BCUT2D eigenvalue weighted by Gasteiger charge is -2.31. The molecule has 1 aromatic rings. The summed E-state index contributed by atoms with van der Waals surface area (Å²) in [7, 11) is 0. The summed E-state index contributed by atoms with van der Waals surface area (Å²) in [5.74, 6) is 0.810. The number of carbonyl (C=O) groups excluding carboxylic acids is 2. The monoisotopic (exact) mass is 385 g/mol. The number of carbonyl (C=O) groups is 2. The summed E-state index contributed by atoms with van der Waals surface area (Å²) in [6.45, 7) is 5.83. The molecule has 152 valence electrons. The van der Waals surface area contributed by atoms with Crippen LogP contribution in [0.2, 0.25) is 0 Å². The minimum Gasteiger partial charge on any atom is -0.489 e. The molecule has 0 radical (unpaired) electrons. The van der Waals surface area contributed by atoms with E-state index < -0.39 is 5.54 Å². The van der Waals surface area contributed by atoms with Gasteiger partial charge in [-0.15, -0.1) is 0 Å². The van der Waals surface area contributed by atoms with Gasteiger partial charge in [0.05, 0.1) is 5.56 Å². The minimum atomic E-state index is -0.572. The predicted molar refractivity (Wildman–Crippen MR) is 109 cm³/mol. The average Bonchev–Trinajstić information content (AvgIpc) is 3.15. The van der Waals surface area contributed by atoms with Crippen LogP contribution in [0.15, 0.2) is 36.4 Å². The van der Waals surface area contributed by atoms with Gasteiger partial charge in [-0.1, -0.05) is 38.1 Å². The quantitative estimate of drug-likeness (QED) is 0.683. The van der Waals surface area contributed by atoms with Crippen molar-refractivity contribution in [2.75, 3.05) is 19.7 Å². The van der Waals surface area contributed by atoms with Crippen LogP contribution in [-0.4, -0.2) is 43.1 Å². The van der Waals surface area contributed by atoms with Crippen LogP contribution in [0.4, 0.5) is 0 Å². The molecule has 2 aliphatic heterocycles. The first-order valence-electron chi connectivity index (χ1n) is 10.2. The zero-order valence-electron chi connectivity index (χ0n) is 16.8. The fourth-order valence-electron chi connectivity index (χ4n) is 3.93. The van der Waals surface area contributed by atoms with Gasteiger partial charge in [0, 0.05) is 12.6 Å². The molecule has 3 rings (SSSR count). The van der Waals surface area contributed by atoms with Crippen molar-refractivity contribution in [3.63, 3.8) is 0 Å². The van der Waals surface area contributed by atoms with Gasteiger partial charge in [0.15, 0.2) is 0 Å². The Balaban J connectivity index is 1.85. The lowest BCUT2D eigenvalue weighted by molar-refractivity contribution is -0.127. The Morgan fingerprint density at radius 2 is 2.04 bits per heavy atom. The topological polar surface area (TPSA) is 79.5 Å². The number of fused-ring (bicyclic) bond motifs is 1. The molecule has 1 saturated heterocycles. The van der Waals surface area contributed by atoms with Gasteiger partial charge in [0.25, 0.3) is 5.91 Å². The van der Waals surface area contributed by atoms with Gasteiger partial charge in [-0.05, 0) is 50.3 Å². The standard InChI is InChI=1S/C22H31N3O3/c1-16(2)14-17-15-23-20(26)18-8-3-4-9-19(18)28-13-6-5-10-22(21(27)25-17)11-7-12-24-22/h3-6,8-9,16-17,24H,7,10-15H2,1-2H3,(H,23,26)(H,25,27)/b6-5+/t17-,22?/m0/s1. The summed E-state index contributed by atoms with van der Waals surface area (Å²) in [6.07, 6.45) is 7.15. The van der Waals surface area contributed by atoms with Crippen molar-refractivity contribution in [2.24, 2.45) is 5.92 Å². The fraction of sp³-hybridized carbons (Fsp3) is 0.545. The van der Waals surface area contributed by atoms with Crippen LogP contribution in [0.5, 0.6) is 5.75 Å². The molecule has 6 heteroatoms. The number of benzene rings is 1. The van der Waals surface area contributed by atoms with Crippen LogP contribution < -0.4 is 20.7 Å². The van der Waals surface area contributed by atoms with E-state index in [2.05, 4.69) is 29.8 Å². The first-order valence-corrected chi connectivity index (χ1v) is 10.2. The van der Waals surface area contributed by atoms with E-state index in [9.17, 15) is 9.59 Å². The molecule has 3 N–H and O–H groups in total. The van der Waals surface area contributed by atoms with E-state index in [4.69, 9.17) is 4.74 Å². The van der Waals surface area contributed by atoms with Crippen molar-refractivity contribution in [1.29, 1.82) is 0 Å². The van der Waals surface area contributed by atoms with Crippen molar-refractivity contribution < 1.29 is 14.3 Å². The SMILES string of the molecule is CC(C)C[C@H]1CNC(=O)c2ccccc2OC/C=C/CC2(CCCN2)C(=O)N1. The lowest BCUT2D eigenvalue weighted by atomic mass is 9.91. The second-order valence-corrected chi connectivity index (χ2v) is 8.11. The molecule has 1 aromatic carbocycles. The Morgan fingerprint density at radius 3 is 2.79 bits per heavy atom. The van der Waals surface area contributed by atoms with Gasteiger partial charge in [0.1, 0.15) is 17.9 Å². The Hall–Kier alpha value is -2.34. The molecular weight excluding hydrogens is 354 g/mol. The van der Waals surface area contributed by atoms with Crippen molar-refractivity contribution in [3.05, 3.63) is 42.0 Å². The van der Waals surface area contributed by atoms with Gasteiger partial charge < -0.3 is 20.7 Å². The van der Waals surface area contributed by atoms with Gasteiger partial charge in [-0.3, -0.25) is 9.59 Å². The van der Waals surface area contributed by atoms with Crippen molar-refractivity contribution in [3.8, 4) is 5.75 Å². The molecule has 1 unspecified atom stereocenters. The summed E-state index contributed by atoms with van der Waals surface area (Å²) in [6, 6.07) is 7.13. The van der Waals surface area contributed by atoms with Crippen molar-refractivity contribution in [2.45, 2.75) is 51.1 Å². The van der Waals surface area contributed by atoms with Gasteiger partial charge >= 0.3 is 0 Å². The highest BCUT2D eigenvalue weighted by atomic mass is 16.5. The number of rotatable bonds is 2. The minimum absolute atomic E-state index is 0.0212. The van der Waals surface area contributed by atoms with Crippen LogP contribution in [0.1, 0.15) is 49.9 Å². The van der Waals surface area contributed by atoms with Crippen molar-refractivity contribution in [1.82, 2.24) is 16.0 Å². The number of ether oxygens (including phenoxy) is 1. The van der Waals surface area contributed by atoms with Crippen LogP contribution in [0, 0.1) is 5.92 Å². The molecular formula is C22H31N3O3. The van der Waals surface area contributed by atoms with Gasteiger partial charge in [0.2, 0.25) is 5.91 Å². The van der Waals surface area contributed by atoms with E-state index in [1.165, 1.54) is 0 Å². The first kappa shape index (κ1) is 20.4. The van der Waals surface area contributed by atoms with Crippen LogP contribution in [0.25, 0.3) is 0 Å². The molecule has 0 aliphatic carbocycles. The molecule has 2 amide bonds. The third-order valence-electron chi connectivity index (χ3n) is 5.38. The Kier molecular flexibility index (Phi) is 6.73. The van der Waals surface area contributed by atoms with Gasteiger partial charge in [-0.25, -0.2) is 0 Å². The highest BCUT2D eigenvalue weighted by molar-refractivity contribution is 5.97. The molecule has 1 spiro atoms. The van der Waals surface area contributed by atoms with E-state index in [1.54, 1.807) is 6.07 Å². The Bertz CT molecular complexity index is 723. The molecule has 2 atom stereocenters. The van der Waals surface area contributed by atoms with E-state index in [-0.39, 0.29) is 17.9 Å². The average molecular weight is 386 g/mol. The summed E-state index contributed by atoms with van der Waals surface area (Å²) in [4.78, 5) is 25.8. The third kappa shape index (κ3) is 4.93. The molecule has 0 saturated carbocycles. The van der Waals surface area contributed by atoms with E-state index in [1.807, 2.05) is 30.4 Å². The second kappa shape index (κ2) is 9.24. The number of hydrogen-bond acceptors (Lipinski definition) is 4. The molecule has 1 fully saturated rings. The Morgan fingerprint density at radius 1 is 1.21 bits per heavy atom. The number of nitrogens with one attached hydrogen (secondary N) is 3. The molecule has 2 heterocycles. The smallest absolute Gasteiger partial charge is 0.255 e. The number of hydrogen-bond donors (Lipinski definition) is 3. The van der Waals surface area contributed by atoms with E-state index in [0.717, 1.165) is 25.8 Å². The maximum atomic E-state index is 13.1. The molecule has 6 nitrogen and oxygen atoms in total. The summed E-state index contributed by atoms with van der Waals surface area (Å²) in [5.41, 5.74) is -0.0610. The normalized spacial score (nSPS) is 27.5. The van der Waals surface area contributed by atoms with Crippen LogP contribution in [0.3, 0.4) is 0 Å². The highest BCUT2D eigenvalue weighted by Gasteiger charge is 2.40. The van der Waals surface area contributed by atoms with Crippen LogP contribution >= 0.6 is 0 Å². The molecule has 0 aromatic heterocycles. The van der Waals surface area contributed by atoms with E-state index >= 15 is 0 Å². The zero-order chi connectivity index (χ0) is 20.0. The number of amides is 2. The predicted octanol–water partition coefficient (Wildman–Crippen LogP) is 2.41. The number of para-hydroxylation sites is 1.